The number of nitrogens with zero attached hydrogens (tertiary/aromatic N) is 1. The van der Waals surface area contributed by atoms with E-state index in [1.165, 1.54) is 12.3 Å². The van der Waals surface area contributed by atoms with Gasteiger partial charge in [-0.3, -0.25) is 4.79 Å². The van der Waals surface area contributed by atoms with Gasteiger partial charge in [0.05, 0.1) is 52.7 Å². The van der Waals surface area contributed by atoms with Crippen LogP contribution in [0.15, 0.2) is 12.3 Å². The Bertz CT molecular complexity index is 760. The summed E-state index contributed by atoms with van der Waals surface area (Å²) in [6.07, 6.45) is 1.43. The van der Waals surface area contributed by atoms with E-state index >= 15 is 0 Å². The first-order chi connectivity index (χ1) is 15.7. The van der Waals surface area contributed by atoms with Gasteiger partial charge in [-0.05, 0) is 33.8 Å². The fraction of sp³-hybridized carbons (Fsp3) is 0.636. The van der Waals surface area contributed by atoms with Crippen molar-refractivity contribution < 1.29 is 47.9 Å². The van der Waals surface area contributed by atoms with Crippen LogP contribution in [0, 0.1) is 0 Å². The van der Waals surface area contributed by atoms with Crippen molar-refractivity contribution in [2.75, 3.05) is 52.9 Å². The van der Waals surface area contributed by atoms with Gasteiger partial charge in [0.15, 0.2) is 5.69 Å². The van der Waals surface area contributed by atoms with Gasteiger partial charge in [-0.2, -0.15) is 0 Å². The van der Waals surface area contributed by atoms with Crippen LogP contribution in [0.5, 0.6) is 5.75 Å². The van der Waals surface area contributed by atoms with Gasteiger partial charge in [0.2, 0.25) is 0 Å². The zero-order valence-electron chi connectivity index (χ0n) is 19.6. The molecule has 0 bridgehead atoms. The van der Waals surface area contributed by atoms with E-state index in [-0.39, 0.29) is 50.1 Å². The minimum atomic E-state index is -1.36. The molecule has 33 heavy (non-hydrogen) atoms. The molecule has 0 unspecified atom stereocenters. The molecular weight excluding hydrogens is 438 g/mol. The molecule has 0 aliphatic rings. The average molecular weight is 472 g/mol. The predicted octanol–water partition coefficient (Wildman–Crippen LogP) is 2.12. The SMILES string of the molecule is CCOC(=O)c1c(OCCOCCOCCOCCC(=O)OC(C)(C)C)ccnc1C(=O)O. The highest BCUT2D eigenvalue weighted by Gasteiger charge is 2.24. The van der Waals surface area contributed by atoms with Gasteiger partial charge in [0.1, 0.15) is 23.5 Å². The number of aromatic carboxylic acids is 1. The van der Waals surface area contributed by atoms with Crippen LogP contribution in [0.3, 0.4) is 0 Å². The summed E-state index contributed by atoms with van der Waals surface area (Å²) in [5, 5.41) is 9.24. The Morgan fingerprint density at radius 2 is 1.52 bits per heavy atom. The van der Waals surface area contributed by atoms with Gasteiger partial charge in [-0.15, -0.1) is 0 Å². The predicted molar refractivity (Wildman–Crippen MR) is 116 cm³/mol. The van der Waals surface area contributed by atoms with Crippen molar-refractivity contribution in [3.8, 4) is 5.75 Å². The van der Waals surface area contributed by atoms with Crippen molar-refractivity contribution in [1.29, 1.82) is 0 Å². The van der Waals surface area contributed by atoms with Gasteiger partial charge in [0.25, 0.3) is 0 Å². The maximum Gasteiger partial charge on any atom is 0.355 e. The molecule has 1 N–H and O–H groups in total. The van der Waals surface area contributed by atoms with E-state index in [4.69, 9.17) is 28.4 Å². The number of pyridine rings is 1. The molecule has 0 saturated carbocycles. The van der Waals surface area contributed by atoms with Gasteiger partial charge in [0, 0.05) is 6.20 Å². The molecular formula is C22H33NO10. The van der Waals surface area contributed by atoms with E-state index in [2.05, 4.69) is 4.98 Å². The lowest BCUT2D eigenvalue weighted by molar-refractivity contribution is -0.156. The number of ether oxygens (including phenoxy) is 6. The van der Waals surface area contributed by atoms with E-state index < -0.39 is 23.2 Å². The van der Waals surface area contributed by atoms with E-state index in [9.17, 15) is 19.5 Å². The minimum absolute atomic E-state index is 0.0595. The number of aromatic nitrogens is 1. The number of carbonyl (C=O) groups excluding carboxylic acids is 2. The zero-order valence-corrected chi connectivity index (χ0v) is 19.6. The van der Waals surface area contributed by atoms with Crippen molar-refractivity contribution in [2.24, 2.45) is 0 Å². The van der Waals surface area contributed by atoms with Crippen LogP contribution in [0.2, 0.25) is 0 Å². The summed E-state index contributed by atoms with van der Waals surface area (Å²) in [6, 6.07) is 1.39. The summed E-state index contributed by atoms with van der Waals surface area (Å²) in [6.45, 7) is 9.01. The summed E-state index contributed by atoms with van der Waals surface area (Å²) in [4.78, 5) is 38.7. The molecule has 1 aromatic rings. The van der Waals surface area contributed by atoms with Gasteiger partial charge < -0.3 is 33.5 Å². The summed E-state index contributed by atoms with van der Waals surface area (Å²) < 4.78 is 31.6. The molecule has 0 radical (unpaired) electrons. The zero-order chi connectivity index (χ0) is 24.7. The molecule has 0 atom stereocenters. The summed E-state index contributed by atoms with van der Waals surface area (Å²) in [5.74, 6) is -2.42. The molecule has 1 heterocycles. The number of rotatable bonds is 16. The van der Waals surface area contributed by atoms with E-state index in [0.717, 1.165) is 0 Å². The molecule has 11 nitrogen and oxygen atoms in total. The van der Waals surface area contributed by atoms with E-state index in [1.807, 2.05) is 20.8 Å². The van der Waals surface area contributed by atoms with Crippen LogP contribution >= 0.6 is 0 Å². The highest BCUT2D eigenvalue weighted by Crippen LogP contribution is 2.22. The molecule has 1 rings (SSSR count). The number of hydrogen-bond donors (Lipinski definition) is 1. The van der Waals surface area contributed by atoms with Gasteiger partial charge in [-0.1, -0.05) is 0 Å². The van der Waals surface area contributed by atoms with Crippen LogP contribution in [-0.2, 0) is 28.5 Å². The minimum Gasteiger partial charge on any atom is -0.490 e. The van der Waals surface area contributed by atoms with Crippen LogP contribution in [0.1, 0.15) is 55.0 Å². The Hall–Kier alpha value is -2.76. The largest absolute Gasteiger partial charge is 0.490 e. The normalized spacial score (nSPS) is 11.2. The second-order valence-electron chi connectivity index (χ2n) is 7.58. The average Bonchev–Trinajstić information content (AvgIpc) is 2.73. The van der Waals surface area contributed by atoms with Gasteiger partial charge in [-0.25, -0.2) is 14.6 Å². The molecule has 0 fully saturated rings. The third kappa shape index (κ3) is 12.2. The maximum absolute atomic E-state index is 12.1. The standard InChI is InChI=1S/C22H33NO10/c1-5-31-21(27)18-16(6-8-23-19(18)20(25)26)32-15-14-30-13-12-29-11-10-28-9-7-17(24)33-22(2,3)4/h6,8H,5,7,9-15H2,1-4H3,(H,25,26). The second kappa shape index (κ2) is 15.1. The number of carbonyl (C=O) groups is 3. The molecule has 0 spiro atoms. The smallest absolute Gasteiger partial charge is 0.355 e. The maximum atomic E-state index is 12.1. The molecule has 0 saturated heterocycles. The summed E-state index contributed by atoms with van der Waals surface area (Å²) in [5.41, 5.74) is -1.18. The monoisotopic (exact) mass is 471 g/mol. The summed E-state index contributed by atoms with van der Waals surface area (Å²) in [7, 11) is 0. The lowest BCUT2D eigenvalue weighted by Gasteiger charge is -2.19. The first-order valence-corrected chi connectivity index (χ1v) is 10.6. The van der Waals surface area contributed by atoms with Crippen LogP contribution < -0.4 is 4.74 Å². The molecule has 0 aliphatic heterocycles. The molecule has 0 aromatic carbocycles. The molecule has 0 aliphatic carbocycles. The molecule has 186 valence electrons. The molecule has 1 aromatic heterocycles. The fourth-order valence-corrected chi connectivity index (χ4v) is 2.43. The van der Waals surface area contributed by atoms with Crippen molar-refractivity contribution in [3.05, 3.63) is 23.5 Å². The first-order valence-electron chi connectivity index (χ1n) is 10.6. The Labute approximate surface area is 193 Å². The van der Waals surface area contributed by atoms with Crippen LogP contribution in [0.4, 0.5) is 0 Å². The topological polar surface area (TPSA) is 140 Å². The number of carboxylic acid groups (broad SMARTS) is 1. The lowest BCUT2D eigenvalue weighted by atomic mass is 10.1. The van der Waals surface area contributed by atoms with Crippen molar-refractivity contribution >= 4 is 17.9 Å². The van der Waals surface area contributed by atoms with Crippen molar-refractivity contribution in [2.45, 2.75) is 39.7 Å². The number of carboxylic acids is 1. The highest BCUT2D eigenvalue weighted by atomic mass is 16.6. The third-order valence-electron chi connectivity index (χ3n) is 3.69. The number of esters is 2. The Morgan fingerprint density at radius 1 is 0.939 bits per heavy atom. The second-order valence-corrected chi connectivity index (χ2v) is 7.58. The Balaban J connectivity index is 2.18. The lowest BCUT2D eigenvalue weighted by Crippen LogP contribution is -2.24. The van der Waals surface area contributed by atoms with Gasteiger partial charge >= 0.3 is 17.9 Å². The van der Waals surface area contributed by atoms with E-state index in [0.29, 0.717) is 26.4 Å². The van der Waals surface area contributed by atoms with Crippen LogP contribution in [0.25, 0.3) is 0 Å². The Morgan fingerprint density at radius 3 is 2.06 bits per heavy atom. The first kappa shape index (κ1) is 28.3. The quantitative estimate of drug-likeness (QED) is 0.280. The fourth-order valence-electron chi connectivity index (χ4n) is 2.43. The highest BCUT2D eigenvalue weighted by molar-refractivity contribution is 6.03. The van der Waals surface area contributed by atoms with Crippen LogP contribution in [-0.4, -0.2) is 86.5 Å². The van der Waals surface area contributed by atoms with Crippen molar-refractivity contribution in [1.82, 2.24) is 4.98 Å². The third-order valence-corrected chi connectivity index (χ3v) is 3.69. The molecule has 11 heteroatoms. The summed E-state index contributed by atoms with van der Waals surface area (Å²) >= 11 is 0. The number of hydrogen-bond acceptors (Lipinski definition) is 10. The Kier molecular flexibility index (Phi) is 13.0. The van der Waals surface area contributed by atoms with Crippen molar-refractivity contribution in [3.63, 3.8) is 0 Å². The van der Waals surface area contributed by atoms with E-state index in [1.54, 1.807) is 6.92 Å². The molecule has 0 amide bonds.